The van der Waals surface area contributed by atoms with Gasteiger partial charge in [0, 0.05) is 12.6 Å². The van der Waals surface area contributed by atoms with E-state index in [1.54, 1.807) is 18.3 Å². The second-order valence-corrected chi connectivity index (χ2v) is 5.74. The summed E-state index contributed by atoms with van der Waals surface area (Å²) in [6.07, 6.45) is 2.41. The van der Waals surface area contributed by atoms with Crippen LogP contribution in [0.25, 0.3) is 0 Å². The molecular formula is C19H19FN4O2. The summed E-state index contributed by atoms with van der Waals surface area (Å²) in [4.78, 5) is 12.0. The number of aromatic nitrogens is 3. The number of halogens is 1. The summed E-state index contributed by atoms with van der Waals surface area (Å²) in [5.74, 6) is -0.0834. The van der Waals surface area contributed by atoms with Gasteiger partial charge in [-0.25, -0.2) is 9.07 Å². The Morgan fingerprint density at radius 1 is 1.15 bits per heavy atom. The molecule has 0 aliphatic heterocycles. The molecule has 0 saturated carbocycles. The Morgan fingerprint density at radius 2 is 2.00 bits per heavy atom. The summed E-state index contributed by atoms with van der Waals surface area (Å²) in [5, 5.41) is 10.7. The lowest BCUT2D eigenvalue weighted by Gasteiger charge is -2.05. The first-order valence-electron chi connectivity index (χ1n) is 8.27. The molecule has 0 aliphatic carbocycles. The van der Waals surface area contributed by atoms with Gasteiger partial charge in [-0.3, -0.25) is 4.79 Å². The van der Waals surface area contributed by atoms with Gasteiger partial charge in [0.2, 0.25) is 5.91 Å². The topological polar surface area (TPSA) is 69.0 Å². The number of carbonyl (C=O) groups is 1. The molecule has 2 aromatic carbocycles. The maximum Gasteiger partial charge on any atom is 0.241 e. The molecule has 6 nitrogen and oxygen atoms in total. The first-order valence-corrected chi connectivity index (χ1v) is 8.27. The number of ether oxygens (including phenoxy) is 1. The van der Waals surface area contributed by atoms with E-state index in [9.17, 15) is 9.18 Å². The van der Waals surface area contributed by atoms with Crippen LogP contribution in [0.4, 0.5) is 4.39 Å². The standard InChI is InChI=1S/C19H19FN4O2/c20-16-7-4-8-18(11-16)26-14-17-12-24(23-22-17)13-19(25)21-10-9-15-5-2-1-3-6-15/h1-8,11-12H,9-10,13-14H2,(H,21,25). The van der Waals surface area contributed by atoms with Gasteiger partial charge in [0.25, 0.3) is 0 Å². The lowest BCUT2D eigenvalue weighted by molar-refractivity contribution is -0.121. The Morgan fingerprint density at radius 3 is 2.81 bits per heavy atom. The predicted molar refractivity (Wildman–Crippen MR) is 93.9 cm³/mol. The Bertz CT molecular complexity index is 852. The molecule has 26 heavy (non-hydrogen) atoms. The van der Waals surface area contributed by atoms with Crippen molar-refractivity contribution >= 4 is 5.91 Å². The van der Waals surface area contributed by atoms with Gasteiger partial charge >= 0.3 is 0 Å². The monoisotopic (exact) mass is 354 g/mol. The molecule has 0 spiro atoms. The molecule has 1 heterocycles. The summed E-state index contributed by atoms with van der Waals surface area (Å²) in [6, 6.07) is 15.8. The van der Waals surface area contributed by atoms with E-state index in [0.717, 1.165) is 6.42 Å². The lowest BCUT2D eigenvalue weighted by atomic mass is 10.1. The second-order valence-electron chi connectivity index (χ2n) is 5.74. The molecular weight excluding hydrogens is 335 g/mol. The minimum atomic E-state index is -0.363. The maximum atomic E-state index is 13.1. The Balaban J connectivity index is 1.42. The zero-order valence-electron chi connectivity index (χ0n) is 14.1. The first-order chi connectivity index (χ1) is 12.7. The number of carbonyl (C=O) groups excluding carboxylic acids is 1. The number of nitrogens with zero attached hydrogens (tertiary/aromatic N) is 3. The van der Waals surface area contributed by atoms with E-state index in [4.69, 9.17) is 4.74 Å². The Hall–Kier alpha value is -3.22. The highest BCUT2D eigenvalue weighted by Crippen LogP contribution is 2.13. The summed E-state index contributed by atoms with van der Waals surface area (Å²) in [7, 11) is 0. The fourth-order valence-electron chi connectivity index (χ4n) is 2.39. The predicted octanol–water partition coefficient (Wildman–Crippen LogP) is 2.36. The van der Waals surface area contributed by atoms with Gasteiger partial charge < -0.3 is 10.1 Å². The van der Waals surface area contributed by atoms with Crippen LogP contribution in [0.1, 0.15) is 11.3 Å². The average Bonchev–Trinajstić information content (AvgIpc) is 3.08. The third-order valence-corrected chi connectivity index (χ3v) is 3.65. The van der Waals surface area contributed by atoms with Crippen LogP contribution in [0.3, 0.4) is 0 Å². The SMILES string of the molecule is O=C(Cn1cc(COc2cccc(F)c2)nn1)NCCc1ccccc1. The molecule has 0 fully saturated rings. The lowest BCUT2D eigenvalue weighted by Crippen LogP contribution is -2.29. The number of benzene rings is 2. The molecule has 1 aromatic heterocycles. The van der Waals surface area contributed by atoms with Crippen molar-refractivity contribution < 1.29 is 13.9 Å². The molecule has 0 unspecified atom stereocenters. The van der Waals surface area contributed by atoms with Gasteiger partial charge in [-0.2, -0.15) is 0 Å². The zero-order valence-corrected chi connectivity index (χ0v) is 14.1. The van der Waals surface area contributed by atoms with Crippen LogP contribution in [0.15, 0.2) is 60.8 Å². The smallest absolute Gasteiger partial charge is 0.241 e. The third-order valence-electron chi connectivity index (χ3n) is 3.65. The van der Waals surface area contributed by atoms with Crippen molar-refractivity contribution in [3.8, 4) is 5.75 Å². The summed E-state index contributed by atoms with van der Waals surface area (Å²) in [5.41, 5.74) is 1.73. The van der Waals surface area contributed by atoms with E-state index in [0.29, 0.717) is 18.0 Å². The van der Waals surface area contributed by atoms with Crippen molar-refractivity contribution in [2.75, 3.05) is 6.54 Å². The average molecular weight is 354 g/mol. The van der Waals surface area contributed by atoms with E-state index in [-0.39, 0.29) is 24.9 Å². The van der Waals surface area contributed by atoms with Gasteiger partial charge in [0.1, 0.15) is 30.4 Å². The van der Waals surface area contributed by atoms with Gasteiger partial charge in [0.15, 0.2) is 0 Å². The van der Waals surface area contributed by atoms with Crippen molar-refractivity contribution in [2.45, 2.75) is 19.6 Å². The zero-order chi connectivity index (χ0) is 18.2. The molecule has 7 heteroatoms. The van der Waals surface area contributed by atoms with Gasteiger partial charge in [-0.05, 0) is 24.1 Å². The molecule has 1 N–H and O–H groups in total. The van der Waals surface area contributed by atoms with E-state index >= 15 is 0 Å². The fourth-order valence-corrected chi connectivity index (χ4v) is 2.39. The Labute approximate surface area is 150 Å². The minimum absolute atomic E-state index is 0.0851. The second kappa shape index (κ2) is 8.75. The highest BCUT2D eigenvalue weighted by Gasteiger charge is 2.07. The fraction of sp³-hybridized carbons (Fsp3) is 0.211. The van der Waals surface area contributed by atoms with E-state index in [1.165, 1.54) is 22.4 Å². The number of hydrogen-bond acceptors (Lipinski definition) is 4. The van der Waals surface area contributed by atoms with Gasteiger partial charge in [-0.15, -0.1) is 5.10 Å². The largest absolute Gasteiger partial charge is 0.487 e. The van der Waals surface area contributed by atoms with E-state index in [1.807, 2.05) is 30.3 Å². The summed E-state index contributed by atoms with van der Waals surface area (Å²) >= 11 is 0. The Kier molecular flexibility index (Phi) is 5.92. The van der Waals surface area contributed by atoms with Crippen molar-refractivity contribution in [1.29, 1.82) is 0 Å². The number of hydrogen-bond donors (Lipinski definition) is 1. The molecule has 0 saturated heterocycles. The van der Waals surface area contributed by atoms with Crippen LogP contribution in [0, 0.1) is 5.82 Å². The first kappa shape index (κ1) is 17.6. The van der Waals surface area contributed by atoms with Crippen molar-refractivity contribution in [1.82, 2.24) is 20.3 Å². The van der Waals surface area contributed by atoms with Crippen LogP contribution in [-0.2, 0) is 24.4 Å². The highest BCUT2D eigenvalue weighted by atomic mass is 19.1. The molecule has 3 aromatic rings. The van der Waals surface area contributed by atoms with Crippen LogP contribution in [0.2, 0.25) is 0 Å². The highest BCUT2D eigenvalue weighted by molar-refractivity contribution is 5.75. The molecule has 1 amide bonds. The summed E-state index contributed by atoms with van der Waals surface area (Å²) < 4.78 is 20.0. The van der Waals surface area contributed by atoms with Crippen LogP contribution in [0.5, 0.6) is 5.75 Å². The summed E-state index contributed by atoms with van der Waals surface area (Å²) in [6.45, 7) is 0.800. The van der Waals surface area contributed by atoms with Crippen LogP contribution < -0.4 is 10.1 Å². The number of rotatable bonds is 8. The van der Waals surface area contributed by atoms with Crippen molar-refractivity contribution in [3.63, 3.8) is 0 Å². The van der Waals surface area contributed by atoms with Crippen LogP contribution >= 0.6 is 0 Å². The molecule has 134 valence electrons. The minimum Gasteiger partial charge on any atom is -0.487 e. The van der Waals surface area contributed by atoms with Gasteiger partial charge in [-0.1, -0.05) is 41.6 Å². The van der Waals surface area contributed by atoms with Crippen LogP contribution in [-0.4, -0.2) is 27.4 Å². The molecule has 0 aliphatic rings. The third kappa shape index (κ3) is 5.41. The quantitative estimate of drug-likeness (QED) is 0.674. The molecule has 0 bridgehead atoms. The number of nitrogens with one attached hydrogen (secondary N) is 1. The molecule has 0 radical (unpaired) electrons. The normalized spacial score (nSPS) is 10.5. The van der Waals surface area contributed by atoms with E-state index < -0.39 is 0 Å². The maximum absolute atomic E-state index is 13.1. The van der Waals surface area contributed by atoms with E-state index in [2.05, 4.69) is 15.6 Å². The van der Waals surface area contributed by atoms with Gasteiger partial charge in [0.05, 0.1) is 6.20 Å². The molecule has 0 atom stereocenters. The molecule has 3 rings (SSSR count). The van der Waals surface area contributed by atoms with Crippen molar-refractivity contribution in [2.24, 2.45) is 0 Å². The number of amides is 1. The van der Waals surface area contributed by atoms with Crippen molar-refractivity contribution in [3.05, 3.63) is 77.9 Å².